The third kappa shape index (κ3) is 5.37. The van der Waals surface area contributed by atoms with Gasteiger partial charge < -0.3 is 40.5 Å². The lowest BCUT2D eigenvalue weighted by molar-refractivity contribution is -0.161. The number of likely N-dealkylation sites (tertiary alicyclic amines) is 2. The molecule has 0 radical (unpaired) electrons. The van der Waals surface area contributed by atoms with Crippen molar-refractivity contribution >= 4 is 34.9 Å². The second-order valence-corrected chi connectivity index (χ2v) is 11.0. The average Bonchev–Trinajstić information content (AvgIpc) is 3.60. The van der Waals surface area contributed by atoms with E-state index in [1.165, 1.54) is 15.8 Å². The van der Waals surface area contributed by atoms with E-state index in [2.05, 4.69) is 32.1 Å². The summed E-state index contributed by atoms with van der Waals surface area (Å²) in [6.45, 7) is 1.08. The van der Waals surface area contributed by atoms with Crippen LogP contribution < -0.4 is 11.1 Å². The van der Waals surface area contributed by atoms with E-state index < -0.39 is 42.8 Å². The number of aliphatic hydroxyl groups is 2. The molecule has 4 fully saturated rings. The molecule has 0 aromatic carbocycles. The number of hydrogen-bond donors (Lipinski definition) is 4. The molecule has 5 atom stereocenters. The number of aromatic nitrogens is 4. The van der Waals surface area contributed by atoms with Crippen LogP contribution in [0.15, 0.2) is 6.33 Å². The number of hydrogen-bond acceptors (Lipinski definition) is 11. The van der Waals surface area contributed by atoms with Crippen LogP contribution in [-0.4, -0.2) is 108 Å². The van der Waals surface area contributed by atoms with E-state index >= 15 is 0 Å². The highest BCUT2D eigenvalue weighted by molar-refractivity contribution is 5.84. The van der Waals surface area contributed by atoms with E-state index in [-0.39, 0.29) is 47.1 Å². The molecule has 1 aliphatic carbocycles. The minimum Gasteiger partial charge on any atom is -0.425 e. The van der Waals surface area contributed by atoms with Gasteiger partial charge in [0.25, 0.3) is 5.91 Å². The van der Waals surface area contributed by atoms with Gasteiger partial charge in [0.15, 0.2) is 30.0 Å². The molecule has 2 aromatic rings. The Bertz CT molecular complexity index is 1420. The quantitative estimate of drug-likeness (QED) is 0.257. The maximum Gasteiger partial charge on any atom is 0.411 e. The van der Waals surface area contributed by atoms with Crippen molar-refractivity contribution in [1.82, 2.24) is 34.6 Å². The summed E-state index contributed by atoms with van der Waals surface area (Å²) < 4.78 is 12.6. The van der Waals surface area contributed by atoms with Crippen LogP contribution in [0.2, 0.25) is 0 Å². The number of imidazole rings is 1. The zero-order valence-electron chi connectivity index (χ0n) is 22.5. The van der Waals surface area contributed by atoms with Crippen molar-refractivity contribution in [3.8, 4) is 11.8 Å². The molecule has 41 heavy (non-hydrogen) atoms. The van der Waals surface area contributed by atoms with E-state index in [1.54, 1.807) is 11.9 Å². The molecule has 5 heterocycles. The molecule has 1 saturated carbocycles. The lowest BCUT2D eigenvalue weighted by Crippen LogP contribution is -2.54. The topological polar surface area (TPSA) is 198 Å². The number of nitrogens with zero attached hydrogens (tertiary/aromatic N) is 6. The molecule has 15 heteroatoms. The van der Waals surface area contributed by atoms with Crippen molar-refractivity contribution in [2.45, 2.75) is 75.3 Å². The van der Waals surface area contributed by atoms with Gasteiger partial charge in [-0.05, 0) is 37.5 Å². The van der Waals surface area contributed by atoms with Crippen LogP contribution in [0, 0.1) is 17.8 Å². The summed E-state index contributed by atoms with van der Waals surface area (Å²) in [7, 11) is 1.61. The Morgan fingerprint density at radius 2 is 1.95 bits per heavy atom. The molecular weight excluding hydrogens is 536 g/mol. The van der Waals surface area contributed by atoms with Crippen LogP contribution in [0.1, 0.15) is 50.6 Å². The number of amides is 3. The summed E-state index contributed by atoms with van der Waals surface area (Å²) in [5, 5.41) is 23.9. The third-order valence-electron chi connectivity index (χ3n) is 8.02. The molecule has 6 rings (SSSR count). The van der Waals surface area contributed by atoms with Gasteiger partial charge in [0.2, 0.25) is 11.7 Å². The normalized spacial score (nSPS) is 28.3. The number of piperidine rings is 1. The first-order valence-electron chi connectivity index (χ1n) is 13.7. The smallest absolute Gasteiger partial charge is 0.411 e. The van der Waals surface area contributed by atoms with Crippen LogP contribution in [0.4, 0.5) is 10.6 Å². The van der Waals surface area contributed by atoms with Crippen molar-refractivity contribution in [3.05, 3.63) is 12.2 Å². The zero-order valence-corrected chi connectivity index (χ0v) is 22.5. The second-order valence-electron chi connectivity index (χ2n) is 11.0. The molecule has 3 aliphatic heterocycles. The van der Waals surface area contributed by atoms with Gasteiger partial charge in [0.05, 0.1) is 12.7 Å². The predicted octanol–water partition coefficient (Wildman–Crippen LogP) is -0.915. The summed E-state index contributed by atoms with van der Waals surface area (Å²) >= 11 is 0. The molecule has 4 aliphatic rings. The van der Waals surface area contributed by atoms with E-state index in [4.69, 9.17) is 15.2 Å². The molecule has 0 spiro atoms. The van der Waals surface area contributed by atoms with Gasteiger partial charge in [-0.15, -0.1) is 0 Å². The van der Waals surface area contributed by atoms with Gasteiger partial charge in [-0.2, -0.15) is 0 Å². The predicted molar refractivity (Wildman–Crippen MR) is 140 cm³/mol. The van der Waals surface area contributed by atoms with Gasteiger partial charge in [-0.1, -0.05) is 5.92 Å². The first-order chi connectivity index (χ1) is 19.7. The summed E-state index contributed by atoms with van der Waals surface area (Å²) in [6.07, 6.45) is -0.627. The van der Waals surface area contributed by atoms with Crippen molar-refractivity contribution in [2.24, 2.45) is 5.92 Å². The van der Waals surface area contributed by atoms with Crippen molar-refractivity contribution < 1.29 is 34.1 Å². The van der Waals surface area contributed by atoms with Crippen LogP contribution in [0.25, 0.3) is 11.2 Å². The highest BCUT2D eigenvalue weighted by atomic mass is 16.6. The lowest BCUT2D eigenvalue weighted by atomic mass is 9.94. The first kappa shape index (κ1) is 27.2. The fraction of sp³-hybridized carbons (Fsp3) is 0.615. The number of nitrogens with one attached hydrogen (secondary N) is 1. The first-order valence-corrected chi connectivity index (χ1v) is 13.7. The fourth-order valence-electron chi connectivity index (χ4n) is 5.18. The summed E-state index contributed by atoms with van der Waals surface area (Å²) in [6, 6.07) is 0.0774. The Labute approximate surface area is 235 Å². The minimum absolute atomic E-state index is 0.0421. The molecular formula is C26H32N8O7. The van der Waals surface area contributed by atoms with Crippen LogP contribution in [-0.2, 0) is 19.1 Å². The summed E-state index contributed by atoms with van der Waals surface area (Å²) in [5.74, 6) is 6.05. The maximum atomic E-state index is 12.5. The second kappa shape index (κ2) is 10.8. The van der Waals surface area contributed by atoms with E-state index in [0.29, 0.717) is 19.5 Å². The molecule has 0 bridgehead atoms. The Hall–Kier alpha value is -4.00. The Kier molecular flexibility index (Phi) is 7.14. The third-order valence-corrected chi connectivity index (χ3v) is 8.02. The highest BCUT2D eigenvalue weighted by Gasteiger charge is 2.48. The largest absolute Gasteiger partial charge is 0.425 e. The lowest BCUT2D eigenvalue weighted by Gasteiger charge is -2.38. The number of anilines is 1. The number of rotatable bonds is 5. The number of nitrogens with two attached hydrogens (primary N) is 1. The van der Waals surface area contributed by atoms with Gasteiger partial charge >= 0.3 is 6.09 Å². The number of carbonyl (C=O) groups is 3. The Morgan fingerprint density at radius 3 is 2.63 bits per heavy atom. The Morgan fingerprint density at radius 1 is 1.20 bits per heavy atom. The number of β-lactam (4-membered cyclic amide) rings is 1. The molecule has 218 valence electrons. The Balaban J connectivity index is 1.08. The molecule has 3 saturated heterocycles. The number of nitrogen functional groups attached to an aromatic ring is 1. The molecule has 2 aromatic heterocycles. The van der Waals surface area contributed by atoms with Crippen LogP contribution >= 0.6 is 0 Å². The standard InChI is InChI=1S/C26H32N8O7/c1-32-16(35)11-17(32)40-26(39)33-9-7-13(8-10-33)3-2-4-15-30-22(27)18-23(31-15)34(12-28-18)25-20(37)19(36)21(41-25)24(38)29-14-5-6-14/h12-14,17,19-21,25,36-37H,3,5-11H2,1H3,(H,29,38)(H2,27,30,31)/t17?,19-,20?,21+,25-/m1/s1. The maximum absolute atomic E-state index is 12.5. The van der Waals surface area contributed by atoms with Gasteiger partial charge in [-0.3, -0.25) is 14.2 Å². The SMILES string of the molecule is CN1C(=O)CC1OC(=O)N1CCC(CC#Cc2nc(N)c3ncn([C@@H]4O[C@H](C(=O)NC5CC5)[C@H](O)C4O)c3n2)CC1. The molecule has 15 nitrogen and oxygen atoms in total. The number of ether oxygens (including phenoxy) is 2. The van der Waals surface area contributed by atoms with Gasteiger partial charge in [0.1, 0.15) is 17.7 Å². The molecule has 3 amide bonds. The van der Waals surface area contributed by atoms with Crippen molar-refractivity contribution in [1.29, 1.82) is 0 Å². The fourth-order valence-corrected chi connectivity index (χ4v) is 5.18. The minimum atomic E-state index is -1.42. The summed E-state index contributed by atoms with van der Waals surface area (Å²) in [4.78, 5) is 52.2. The van der Waals surface area contributed by atoms with Crippen LogP contribution in [0.5, 0.6) is 0 Å². The highest BCUT2D eigenvalue weighted by Crippen LogP contribution is 2.33. The van der Waals surface area contributed by atoms with Gasteiger partial charge in [0, 0.05) is 32.6 Å². The van der Waals surface area contributed by atoms with Crippen molar-refractivity contribution in [3.63, 3.8) is 0 Å². The molecule has 2 unspecified atom stereocenters. The van der Waals surface area contributed by atoms with Crippen molar-refractivity contribution in [2.75, 3.05) is 25.9 Å². The number of aliphatic hydroxyl groups excluding tert-OH is 2. The van der Waals surface area contributed by atoms with Crippen LogP contribution in [0.3, 0.4) is 0 Å². The van der Waals surface area contributed by atoms with E-state index in [1.807, 2.05) is 0 Å². The number of carbonyl (C=O) groups excluding carboxylic acids is 3. The monoisotopic (exact) mass is 568 g/mol. The average molecular weight is 569 g/mol. The zero-order chi connectivity index (χ0) is 28.8. The number of fused-ring (bicyclic) bond motifs is 1. The van der Waals surface area contributed by atoms with E-state index in [0.717, 1.165) is 25.7 Å². The molecule has 5 N–H and O–H groups in total. The van der Waals surface area contributed by atoms with E-state index in [9.17, 15) is 24.6 Å². The van der Waals surface area contributed by atoms with Gasteiger partial charge in [-0.25, -0.2) is 19.7 Å². The summed E-state index contributed by atoms with van der Waals surface area (Å²) in [5.41, 5.74) is 6.65.